The molecule has 2 fully saturated rings. The van der Waals surface area contributed by atoms with Gasteiger partial charge in [0.25, 0.3) is 8.53 Å². The molecule has 0 saturated carbocycles. The first-order valence-corrected chi connectivity index (χ1v) is 26.6. The Morgan fingerprint density at radius 1 is 0.591 bits per heavy atom. The maximum Gasteiger partial charge on any atom is 0.460 e. The third kappa shape index (κ3) is 15.0. The third-order valence-electron chi connectivity index (χ3n) is 13.1. The van der Waals surface area contributed by atoms with Gasteiger partial charge in [-0.1, -0.05) is 19.9 Å². The Morgan fingerprint density at radius 3 is 1.25 bits per heavy atom. The highest BCUT2D eigenvalue weighted by Crippen LogP contribution is 2.63. The summed E-state index contributed by atoms with van der Waals surface area (Å²) in [5.41, 5.74) is -2.54. The van der Waals surface area contributed by atoms with Gasteiger partial charge in [0.15, 0.2) is 0 Å². The number of hydrogen-bond acceptors (Lipinski definition) is 12. The minimum atomic E-state index is -8.00. The Labute approximate surface area is 482 Å². The van der Waals surface area contributed by atoms with Gasteiger partial charge in [-0.3, -0.25) is 9.13 Å². The van der Waals surface area contributed by atoms with Gasteiger partial charge >= 0.3 is 83.0 Å². The molecule has 0 spiro atoms. The maximum atomic E-state index is 14.2. The van der Waals surface area contributed by atoms with Crippen molar-refractivity contribution >= 4 is 8.53 Å². The van der Waals surface area contributed by atoms with Crippen molar-refractivity contribution in [3.63, 3.8) is 0 Å². The van der Waals surface area contributed by atoms with Gasteiger partial charge < -0.3 is 33.1 Å². The fourth-order valence-electron chi connectivity index (χ4n) is 8.23. The molecule has 4 rings (SSSR count). The first-order chi connectivity index (χ1) is 39.6. The molecule has 41 heteroatoms. The average molecular weight is 1360 g/mol. The van der Waals surface area contributed by atoms with Gasteiger partial charge in [-0.2, -0.15) is 124 Å². The van der Waals surface area contributed by atoms with Gasteiger partial charge in [-0.25, -0.2) is 14.3 Å². The predicted octanol–water partition coefficient (Wildman–Crippen LogP) is 13.8. The fourth-order valence-corrected chi connectivity index (χ4v) is 9.98. The lowest BCUT2D eigenvalue weighted by Gasteiger charge is -2.39. The van der Waals surface area contributed by atoms with Gasteiger partial charge in [0.05, 0.1) is 57.1 Å². The van der Waals surface area contributed by atoms with Crippen LogP contribution in [-0.4, -0.2) is 157 Å². The molecule has 0 aromatic carbocycles. The van der Waals surface area contributed by atoms with Crippen molar-refractivity contribution in [1.29, 1.82) is 0 Å². The van der Waals surface area contributed by atoms with Crippen molar-refractivity contribution in [3.05, 3.63) is 57.1 Å². The second-order valence-electron chi connectivity index (χ2n) is 20.2. The van der Waals surface area contributed by atoms with E-state index in [1.165, 1.54) is 6.92 Å². The molecule has 2 aliphatic rings. The molecule has 0 amide bonds. The van der Waals surface area contributed by atoms with Gasteiger partial charge in [0.1, 0.15) is 12.5 Å². The van der Waals surface area contributed by atoms with E-state index in [1.54, 1.807) is 19.9 Å². The van der Waals surface area contributed by atoms with Crippen LogP contribution in [0.25, 0.3) is 0 Å². The van der Waals surface area contributed by atoms with E-state index >= 15 is 0 Å². The lowest BCUT2D eigenvalue weighted by molar-refractivity contribution is -0.440. The van der Waals surface area contributed by atoms with E-state index in [0.717, 1.165) is 28.5 Å². The highest BCUT2D eigenvalue weighted by molar-refractivity contribution is 7.44. The second-order valence-corrected chi connectivity index (χ2v) is 21.6. The van der Waals surface area contributed by atoms with Crippen LogP contribution in [0, 0.1) is 13.8 Å². The molecule has 88 heavy (non-hydrogen) atoms. The van der Waals surface area contributed by atoms with Crippen LogP contribution in [0.1, 0.15) is 104 Å². The summed E-state index contributed by atoms with van der Waals surface area (Å²) in [5.74, 6) is -76.5. The zero-order chi connectivity index (χ0) is 68.5. The minimum absolute atomic E-state index is 0.00822. The molecule has 7 unspecified atom stereocenters. The van der Waals surface area contributed by atoms with E-state index in [4.69, 9.17) is 23.3 Å². The van der Waals surface area contributed by atoms with Crippen LogP contribution in [0.2, 0.25) is 0 Å². The number of ether oxygens (including phenoxy) is 4. The summed E-state index contributed by atoms with van der Waals surface area (Å²) in [6, 6.07) is 0.0164. The lowest BCUT2D eigenvalue weighted by atomic mass is 9.93. The zero-order valence-corrected chi connectivity index (χ0v) is 47.5. The molecule has 4 heterocycles. The highest BCUT2D eigenvalue weighted by Gasteiger charge is 2.92. The summed E-state index contributed by atoms with van der Waals surface area (Å²) in [5, 5.41) is 9.87. The lowest BCUT2D eigenvalue weighted by Crippen LogP contribution is -2.70. The topological polar surface area (TPSA) is 149 Å². The van der Waals surface area contributed by atoms with Crippen LogP contribution in [0.3, 0.4) is 0 Å². The number of aryl methyl sites for hydroxylation is 2. The highest BCUT2D eigenvalue weighted by atomic mass is 31.2. The average Bonchev–Trinajstić information content (AvgIpc) is 4.07. The largest absolute Gasteiger partial charge is 0.477 e. The van der Waals surface area contributed by atoms with E-state index in [9.17, 15) is 129 Å². The van der Waals surface area contributed by atoms with Crippen LogP contribution >= 0.6 is 8.53 Å². The van der Waals surface area contributed by atoms with Gasteiger partial charge in [-0.05, 0) is 54.4 Å². The Balaban J connectivity index is 0.000000477. The molecule has 0 radical (unpaired) electrons. The summed E-state index contributed by atoms with van der Waals surface area (Å²) >= 11 is 0. The van der Waals surface area contributed by atoms with Crippen molar-refractivity contribution in [2.45, 2.75) is 214 Å². The number of aliphatic hydroxyl groups is 1. The van der Waals surface area contributed by atoms with Crippen LogP contribution in [-0.2, 0) is 18.5 Å². The van der Waals surface area contributed by atoms with E-state index in [0.29, 0.717) is 12.8 Å². The first kappa shape index (κ1) is 77.7. The number of halogens is 26. The van der Waals surface area contributed by atoms with Crippen LogP contribution in [0.4, 0.5) is 114 Å². The number of alkyl halides is 26. The Bertz CT molecular complexity index is 2780. The maximum absolute atomic E-state index is 14.2. The summed E-state index contributed by atoms with van der Waals surface area (Å²) in [6.07, 6.45) is -20.5. The van der Waals surface area contributed by atoms with Crippen molar-refractivity contribution in [3.8, 4) is 11.8 Å². The van der Waals surface area contributed by atoms with E-state index in [-0.39, 0.29) is 42.7 Å². The number of aromatic nitrogens is 4. The third-order valence-corrected chi connectivity index (χ3v) is 15.2. The molecule has 0 bridgehead atoms. The van der Waals surface area contributed by atoms with Crippen LogP contribution in [0.5, 0.6) is 11.8 Å². The van der Waals surface area contributed by atoms with Crippen molar-refractivity contribution in [2.24, 2.45) is 0 Å². The Morgan fingerprint density at radius 2 is 0.932 bits per heavy atom. The molecule has 510 valence electrons. The zero-order valence-electron chi connectivity index (χ0n) is 46.6. The summed E-state index contributed by atoms with van der Waals surface area (Å²) < 4.78 is 382. The second kappa shape index (κ2) is 27.4. The minimum Gasteiger partial charge on any atom is -0.477 e. The number of nitrogens with zero attached hydrogens (tertiary/aromatic N) is 5. The molecule has 2 aromatic heterocycles. The normalized spacial score (nSPS) is 21.3. The molecular formula is C47H56F26N5O9P. The number of hydrogen-bond donors (Lipinski definition) is 1. The van der Waals surface area contributed by atoms with Gasteiger partial charge in [0.2, 0.25) is 11.8 Å². The molecule has 14 nitrogen and oxygen atoms in total. The van der Waals surface area contributed by atoms with E-state index in [1.807, 2.05) is 32.4 Å². The molecule has 2 aliphatic heterocycles. The molecule has 2 saturated heterocycles. The number of aliphatic hydroxyl groups excluding tert-OH is 1. The quantitative estimate of drug-likeness (QED) is 0.0491. The standard InChI is InChI=1S/C28H37F13N3O5P.C19H19F13N2O4/c1-8-11-47-50(44(15(3)4)16(5)6)49-19-13-20(48-18(19)9-2)43-14-17(7)21(42-22(43)45)46-12-10-23(29,30)24(31,32)25(33,34)26(35,36)27(37,38)28(39,40)41;1-3-10-9(35)6-11(38-10)34-7-8(2)12(33-13(34)36)37-5-4-14(20,21)15(22,23)16(24,25)17(26,27)18(28,29)19(30,31)32/h8,14-16,18-20H,1,9-13H2,2-7H3;7,9-11,35H,3-6H2,1-2H3. The molecule has 1 N–H and O–H groups in total. The van der Waals surface area contributed by atoms with Crippen LogP contribution < -0.4 is 20.9 Å². The van der Waals surface area contributed by atoms with Crippen molar-refractivity contribution in [2.75, 3.05) is 19.8 Å². The molecular weight excluding hydrogens is 1300 g/mol. The SMILES string of the molecule is C=CCOP(OC1CC(n2cc(C)c(OCCC(F)(F)C(F)(F)C(F)(F)C(F)(F)C(F)(F)C(F)(F)F)nc2=O)OC1CC)N(C(C)C)C(C)C.CCC1OC(n2cc(C)c(OCCC(F)(F)C(F)(F)C(F)(F)C(F)(F)C(F)(F)C(F)(F)F)nc2=O)CC1O. The van der Waals surface area contributed by atoms with Gasteiger partial charge in [-0.15, -0.1) is 6.58 Å². The number of rotatable bonds is 28. The predicted molar refractivity (Wildman–Crippen MR) is 252 cm³/mol. The monoisotopic (exact) mass is 1360 g/mol. The Kier molecular flexibility index (Phi) is 24.2. The van der Waals surface area contributed by atoms with Crippen molar-refractivity contribution in [1.82, 2.24) is 23.8 Å². The van der Waals surface area contributed by atoms with Gasteiger partial charge in [0, 0.05) is 48.4 Å². The molecule has 0 aliphatic carbocycles. The van der Waals surface area contributed by atoms with E-state index < -0.39 is 166 Å². The summed E-state index contributed by atoms with van der Waals surface area (Å²) in [6.45, 7) is 13.9. The summed E-state index contributed by atoms with van der Waals surface area (Å²) in [7, 11) is -1.64. The summed E-state index contributed by atoms with van der Waals surface area (Å²) in [4.78, 5) is 31.9. The Hall–Kier alpha value is -4.53. The molecule has 2 aromatic rings. The first-order valence-electron chi connectivity index (χ1n) is 25.4. The van der Waals surface area contributed by atoms with Crippen molar-refractivity contribution < 1.29 is 147 Å². The fraction of sp³-hybridized carbons (Fsp3) is 0.787. The van der Waals surface area contributed by atoms with E-state index in [2.05, 4.69) is 21.3 Å². The smallest absolute Gasteiger partial charge is 0.460 e. The van der Waals surface area contributed by atoms with Crippen LogP contribution in [0.15, 0.2) is 34.6 Å². The molecule has 7 atom stereocenters.